The lowest BCUT2D eigenvalue weighted by molar-refractivity contribution is -0.138. The van der Waals surface area contributed by atoms with Crippen molar-refractivity contribution in [3.63, 3.8) is 0 Å². The van der Waals surface area contributed by atoms with Crippen LogP contribution in [0.4, 0.5) is 0 Å². The van der Waals surface area contributed by atoms with Crippen LogP contribution in [0.25, 0.3) is 0 Å². The summed E-state index contributed by atoms with van der Waals surface area (Å²) in [4.78, 5) is 43.0. The van der Waals surface area contributed by atoms with E-state index in [4.69, 9.17) is 4.74 Å². The molecule has 2 amide bonds. The Bertz CT molecular complexity index is 918. The molecular formula is C27H37N3O4. The van der Waals surface area contributed by atoms with Gasteiger partial charge in [0.2, 0.25) is 5.91 Å². The van der Waals surface area contributed by atoms with E-state index in [1.807, 2.05) is 26.0 Å². The fourth-order valence-corrected chi connectivity index (χ4v) is 5.92. The smallest absolute Gasteiger partial charge is 0.251 e. The highest BCUT2D eigenvalue weighted by Crippen LogP contribution is 2.34. The number of hydrogen-bond donors (Lipinski definition) is 1. The van der Waals surface area contributed by atoms with Crippen LogP contribution in [0.1, 0.15) is 74.2 Å². The zero-order chi connectivity index (χ0) is 23.8. The van der Waals surface area contributed by atoms with Crippen LogP contribution < -0.4 is 5.32 Å². The van der Waals surface area contributed by atoms with E-state index >= 15 is 0 Å². The van der Waals surface area contributed by atoms with Crippen LogP contribution >= 0.6 is 0 Å². The maximum absolute atomic E-state index is 13.4. The van der Waals surface area contributed by atoms with Gasteiger partial charge in [-0.2, -0.15) is 0 Å². The fourth-order valence-electron chi connectivity index (χ4n) is 5.92. The predicted molar refractivity (Wildman–Crippen MR) is 129 cm³/mol. The molecule has 1 aromatic carbocycles. The average Bonchev–Trinajstić information content (AvgIpc) is 3.50. The normalized spacial score (nSPS) is 26.7. The molecule has 4 fully saturated rings. The van der Waals surface area contributed by atoms with Gasteiger partial charge in [0.05, 0.1) is 6.10 Å². The average molecular weight is 468 g/mol. The lowest BCUT2D eigenvalue weighted by Crippen LogP contribution is -2.52. The minimum absolute atomic E-state index is 0.0379. The number of ether oxygens (including phenoxy) is 1. The summed E-state index contributed by atoms with van der Waals surface area (Å²) >= 11 is 0. The lowest BCUT2D eigenvalue weighted by atomic mass is 9.89. The Balaban J connectivity index is 1.22. The molecule has 1 aromatic rings. The number of piperidine rings is 1. The maximum atomic E-state index is 13.4. The minimum atomic E-state index is -0.647. The second kappa shape index (κ2) is 9.78. The zero-order valence-electron chi connectivity index (χ0n) is 20.4. The molecule has 3 saturated heterocycles. The van der Waals surface area contributed by atoms with Crippen molar-refractivity contribution in [1.82, 2.24) is 15.1 Å². The Kier molecular flexibility index (Phi) is 6.76. The minimum Gasteiger partial charge on any atom is -0.368 e. The van der Waals surface area contributed by atoms with Crippen molar-refractivity contribution in [2.75, 3.05) is 26.2 Å². The van der Waals surface area contributed by atoms with E-state index in [-0.39, 0.29) is 36.2 Å². The van der Waals surface area contributed by atoms with Gasteiger partial charge in [0, 0.05) is 18.2 Å². The van der Waals surface area contributed by atoms with Crippen LogP contribution in [0.15, 0.2) is 24.3 Å². The number of hydrogen-bond acceptors (Lipinski definition) is 5. The highest BCUT2D eigenvalue weighted by molar-refractivity contribution is 5.99. The van der Waals surface area contributed by atoms with Crippen molar-refractivity contribution in [2.24, 2.45) is 5.92 Å². The highest BCUT2D eigenvalue weighted by atomic mass is 16.5. The van der Waals surface area contributed by atoms with E-state index in [1.165, 1.54) is 44.3 Å². The van der Waals surface area contributed by atoms with E-state index in [9.17, 15) is 14.4 Å². The van der Waals surface area contributed by atoms with Crippen LogP contribution in [0.2, 0.25) is 0 Å². The van der Waals surface area contributed by atoms with Gasteiger partial charge >= 0.3 is 0 Å². The Morgan fingerprint density at radius 1 is 1.03 bits per heavy atom. The second-order valence-electron chi connectivity index (χ2n) is 10.9. The van der Waals surface area contributed by atoms with Crippen molar-refractivity contribution in [3.8, 4) is 0 Å². The van der Waals surface area contributed by atoms with Gasteiger partial charge in [-0.3, -0.25) is 14.4 Å². The van der Waals surface area contributed by atoms with Gasteiger partial charge in [-0.1, -0.05) is 26.0 Å². The molecule has 34 heavy (non-hydrogen) atoms. The van der Waals surface area contributed by atoms with Crippen LogP contribution in [0, 0.1) is 5.92 Å². The van der Waals surface area contributed by atoms with E-state index < -0.39 is 12.1 Å². The van der Waals surface area contributed by atoms with Gasteiger partial charge in [0.25, 0.3) is 5.91 Å². The summed E-state index contributed by atoms with van der Waals surface area (Å²) in [6, 6.07) is 7.61. The largest absolute Gasteiger partial charge is 0.368 e. The Labute approximate surface area is 202 Å². The molecule has 1 aliphatic carbocycles. The molecule has 1 saturated carbocycles. The number of nitrogens with zero attached hydrogens (tertiary/aromatic N) is 2. The first-order chi connectivity index (χ1) is 16.4. The monoisotopic (exact) mass is 467 g/mol. The molecule has 0 radical (unpaired) electrons. The zero-order valence-corrected chi connectivity index (χ0v) is 20.4. The highest BCUT2D eigenvalue weighted by Gasteiger charge is 2.48. The van der Waals surface area contributed by atoms with E-state index in [0.717, 1.165) is 6.04 Å². The van der Waals surface area contributed by atoms with Crippen LogP contribution in [-0.2, 0) is 14.3 Å². The number of nitrogens with one attached hydrogen (secondary N) is 1. The topological polar surface area (TPSA) is 79.0 Å². The Morgan fingerprint density at radius 3 is 2.38 bits per heavy atom. The lowest BCUT2D eigenvalue weighted by Gasteiger charge is -2.32. The molecular weight excluding hydrogens is 430 g/mol. The summed E-state index contributed by atoms with van der Waals surface area (Å²) in [5.41, 5.74) is 1.87. The van der Waals surface area contributed by atoms with E-state index in [1.54, 1.807) is 4.90 Å². The first-order valence-corrected chi connectivity index (χ1v) is 13.0. The number of likely N-dealkylation sites (tertiary alicyclic amines) is 2. The first kappa shape index (κ1) is 23.5. The van der Waals surface area contributed by atoms with Crippen molar-refractivity contribution in [1.29, 1.82) is 0 Å². The summed E-state index contributed by atoms with van der Waals surface area (Å²) in [7, 11) is 0. The Hall–Kier alpha value is -2.25. The molecule has 0 bridgehead atoms. The van der Waals surface area contributed by atoms with Crippen molar-refractivity contribution in [3.05, 3.63) is 35.4 Å². The standard InChI is InChI=1S/C27H37N3O4/c1-17(2)15-22(27(33)30-14-11-24-25(30)23(31)16-34-24)28-26(32)20-5-3-18(4-6-20)19-9-12-29(13-10-19)21-7-8-21/h3-6,17,19,21-22,24-25H,7-16H2,1-2H3,(H,28,32)/t22-,24+,25+/m0/s1. The molecule has 4 aliphatic rings. The number of ketones is 1. The number of fused-ring (bicyclic) bond motifs is 1. The van der Waals surface area contributed by atoms with Crippen molar-refractivity contribution < 1.29 is 19.1 Å². The number of carbonyl (C=O) groups is 3. The van der Waals surface area contributed by atoms with Gasteiger partial charge in [-0.25, -0.2) is 0 Å². The van der Waals surface area contributed by atoms with Crippen LogP contribution in [0.5, 0.6) is 0 Å². The molecule has 3 atom stereocenters. The number of rotatable bonds is 7. The molecule has 1 N–H and O–H groups in total. The summed E-state index contributed by atoms with van der Waals surface area (Å²) in [6.45, 7) is 6.98. The molecule has 0 aromatic heterocycles. The molecule has 3 heterocycles. The number of Topliss-reactive ketones (excluding diaryl/α,β-unsaturated/α-hetero) is 1. The van der Waals surface area contributed by atoms with Crippen molar-refractivity contribution in [2.45, 2.75) is 82.5 Å². The molecule has 0 unspecified atom stereocenters. The summed E-state index contributed by atoms with van der Waals surface area (Å²) in [5, 5.41) is 2.97. The van der Waals surface area contributed by atoms with Gasteiger partial charge in [0.1, 0.15) is 18.7 Å². The van der Waals surface area contributed by atoms with Gasteiger partial charge in [-0.05, 0) is 81.1 Å². The third kappa shape index (κ3) is 4.91. The van der Waals surface area contributed by atoms with Gasteiger partial charge in [0.15, 0.2) is 5.78 Å². The molecule has 184 valence electrons. The molecule has 7 nitrogen and oxygen atoms in total. The molecule has 5 rings (SSSR count). The van der Waals surface area contributed by atoms with Crippen LogP contribution in [-0.4, -0.2) is 77.9 Å². The van der Waals surface area contributed by atoms with Gasteiger partial charge in [-0.15, -0.1) is 0 Å². The Morgan fingerprint density at radius 2 is 1.74 bits per heavy atom. The van der Waals surface area contributed by atoms with Crippen LogP contribution in [0.3, 0.4) is 0 Å². The third-order valence-electron chi connectivity index (χ3n) is 7.94. The van der Waals surface area contributed by atoms with Gasteiger partial charge < -0.3 is 19.9 Å². The summed E-state index contributed by atoms with van der Waals surface area (Å²) in [5.74, 6) is 0.332. The summed E-state index contributed by atoms with van der Waals surface area (Å²) < 4.78 is 5.53. The third-order valence-corrected chi connectivity index (χ3v) is 7.94. The fraction of sp³-hybridized carbons (Fsp3) is 0.667. The SMILES string of the molecule is CC(C)C[C@H](NC(=O)c1ccc(C2CCN(C3CC3)CC2)cc1)C(=O)N1CC[C@H]2OCC(=O)[C@H]21. The maximum Gasteiger partial charge on any atom is 0.251 e. The van der Waals surface area contributed by atoms with E-state index in [2.05, 4.69) is 22.3 Å². The first-order valence-electron chi connectivity index (χ1n) is 13.0. The summed E-state index contributed by atoms with van der Waals surface area (Å²) in [6.07, 6.45) is 6.07. The second-order valence-corrected chi connectivity index (χ2v) is 10.9. The molecule has 0 spiro atoms. The van der Waals surface area contributed by atoms with E-state index in [0.29, 0.717) is 30.9 Å². The molecule has 3 aliphatic heterocycles. The predicted octanol–water partition coefficient (Wildman–Crippen LogP) is 2.74. The quantitative estimate of drug-likeness (QED) is 0.667. The number of carbonyl (C=O) groups excluding carboxylic acids is 3. The number of benzene rings is 1. The molecule has 7 heteroatoms. The number of amides is 2. The van der Waals surface area contributed by atoms with Crippen molar-refractivity contribution >= 4 is 17.6 Å².